The predicted molar refractivity (Wildman–Crippen MR) is 152 cm³/mol. The lowest BCUT2D eigenvalue weighted by molar-refractivity contribution is -0.0671. The smallest absolute Gasteiger partial charge is 0.387 e. The highest BCUT2D eigenvalue weighted by molar-refractivity contribution is 7.47. The maximum Gasteiger partial charge on any atom is 0.472 e. The average Bonchev–Trinajstić information content (AvgIpc) is 3.75. The van der Waals surface area contributed by atoms with E-state index in [1.807, 2.05) is 0 Å². The second-order valence-corrected chi connectivity index (χ2v) is 13.4. The van der Waals surface area contributed by atoms with Crippen molar-refractivity contribution >= 4 is 55.3 Å². The third-order valence-corrected chi connectivity index (χ3v) is 9.64. The highest BCUT2D eigenvalue weighted by Crippen LogP contribution is 2.54. The van der Waals surface area contributed by atoms with Crippen LogP contribution in [0.15, 0.2) is 23.6 Å². The van der Waals surface area contributed by atoms with Crippen LogP contribution in [-0.2, 0) is 36.7 Å². The van der Waals surface area contributed by atoms with Gasteiger partial charge in [0.2, 0.25) is 11.6 Å². The van der Waals surface area contributed by atoms with Crippen LogP contribution < -0.4 is 17.0 Å². The summed E-state index contributed by atoms with van der Waals surface area (Å²) >= 11 is 0. The third-order valence-electron chi connectivity index (χ3n) is 7.67. The molecule has 4 aromatic heterocycles. The first-order chi connectivity index (χ1) is 22.3. The third kappa shape index (κ3) is 5.49. The number of phosphoric acid groups is 2. The second-order valence-electron chi connectivity index (χ2n) is 10.5. The minimum absolute atomic E-state index is 0.00869. The van der Waals surface area contributed by atoms with Gasteiger partial charge in [0, 0.05) is 6.20 Å². The molecular weight excluding hydrogens is 674 g/mol. The average molecular weight is 698 g/mol. The molecule has 3 aliphatic rings. The van der Waals surface area contributed by atoms with E-state index in [1.54, 1.807) is 0 Å². The molecule has 9 N–H and O–H groups in total. The van der Waals surface area contributed by atoms with Gasteiger partial charge in [-0.3, -0.25) is 32.4 Å². The highest BCUT2D eigenvalue weighted by Gasteiger charge is 2.54. The second kappa shape index (κ2) is 11.4. The van der Waals surface area contributed by atoms with Crippen molar-refractivity contribution in [2.45, 2.75) is 49.1 Å². The molecule has 2 unspecified atom stereocenters. The van der Waals surface area contributed by atoms with E-state index in [0.717, 1.165) is 17.2 Å². The van der Waals surface area contributed by atoms with E-state index in [-0.39, 0.29) is 39.7 Å². The summed E-state index contributed by atoms with van der Waals surface area (Å²) in [5.41, 5.74) is 10.6. The number of nitrogen functional groups attached to an aromatic ring is 2. The molecule has 3 aliphatic heterocycles. The zero-order valence-corrected chi connectivity index (χ0v) is 25.2. The molecule has 0 aromatic carbocycles. The van der Waals surface area contributed by atoms with Gasteiger partial charge in [0.1, 0.15) is 54.4 Å². The maximum atomic E-state index is 13.2. The molecule has 23 nitrogen and oxygen atoms in total. The lowest BCUT2D eigenvalue weighted by atomic mass is 10.1. The Balaban J connectivity index is 1.22. The molecule has 0 radical (unpaired) electrons. The summed E-state index contributed by atoms with van der Waals surface area (Å²) in [6.07, 6.45) is -9.57. The van der Waals surface area contributed by atoms with Crippen molar-refractivity contribution in [3.8, 4) is 0 Å². The molecule has 10 atom stereocenters. The molecule has 0 spiro atoms. The Kier molecular flexibility index (Phi) is 7.67. The van der Waals surface area contributed by atoms with Gasteiger partial charge in [0.05, 0.1) is 31.5 Å². The first-order valence-corrected chi connectivity index (χ1v) is 16.5. The van der Waals surface area contributed by atoms with Crippen LogP contribution in [0.4, 0.5) is 17.5 Å². The number of aromatic nitrogens is 7. The number of imidazole rings is 1. The predicted octanol–water partition coefficient (Wildman–Crippen LogP) is -1.19. The zero-order valence-electron chi connectivity index (χ0n) is 23.4. The van der Waals surface area contributed by atoms with Crippen LogP contribution in [0.3, 0.4) is 0 Å². The number of nitrogens with one attached hydrogen (secondary N) is 1. The number of phosphoric ester groups is 2. The van der Waals surface area contributed by atoms with Crippen LogP contribution >= 0.6 is 15.6 Å². The largest absolute Gasteiger partial charge is 0.472 e. The van der Waals surface area contributed by atoms with Gasteiger partial charge >= 0.3 is 15.6 Å². The number of hydrogen-bond donors (Lipinski definition) is 7. The molecule has 4 aromatic rings. The minimum Gasteiger partial charge on any atom is -0.387 e. The summed E-state index contributed by atoms with van der Waals surface area (Å²) in [4.78, 5) is 55.2. The maximum absolute atomic E-state index is 13.2. The van der Waals surface area contributed by atoms with Crippen LogP contribution in [0.2, 0.25) is 0 Å². The number of H-pyrrole nitrogens is 1. The van der Waals surface area contributed by atoms with Crippen molar-refractivity contribution < 1.29 is 56.7 Å². The monoisotopic (exact) mass is 698 g/mol. The minimum atomic E-state index is -5.15. The standard InChI is InChI=1S/C22H24N10O13P2/c1-25-7-2-31(17-10(7)16(23)26-5-27-17)20-13(34)14-9(43-20)4-41-47(38,39)45-15-12(33)8(3-40-46(36,37)44-14)42-21(15)32-6-28-11-18(32)29-22(24)30-19(11)35/h2,5-6,8-9,12-15,20-21,33-34H,3-4H2,(H,36,37)(H,38,39)(H2,23,26,27)(H3,24,29,30,35)/t8-,9-,12-,13-,14-,15-,20-,21-/m1/s1. The Morgan fingerprint density at radius 1 is 0.936 bits per heavy atom. The van der Waals surface area contributed by atoms with E-state index >= 15 is 0 Å². The quantitative estimate of drug-likeness (QED) is 0.0956. The van der Waals surface area contributed by atoms with Crippen molar-refractivity contribution in [1.29, 1.82) is 0 Å². The summed E-state index contributed by atoms with van der Waals surface area (Å²) in [5.74, 6) is -0.328. The molecule has 0 aliphatic carbocycles. The van der Waals surface area contributed by atoms with Crippen molar-refractivity contribution in [2.24, 2.45) is 0 Å². The lowest BCUT2D eigenvalue weighted by Gasteiger charge is -2.25. The molecule has 0 amide bonds. The first-order valence-electron chi connectivity index (χ1n) is 13.5. The zero-order chi connectivity index (χ0) is 33.4. The van der Waals surface area contributed by atoms with Crippen LogP contribution in [-0.4, -0.2) is 104 Å². The van der Waals surface area contributed by atoms with E-state index in [4.69, 9.17) is 45.6 Å². The highest BCUT2D eigenvalue weighted by atomic mass is 31.2. The first kappa shape index (κ1) is 31.7. The van der Waals surface area contributed by atoms with Crippen LogP contribution in [0, 0.1) is 6.57 Å². The summed E-state index contributed by atoms with van der Waals surface area (Å²) in [6, 6.07) is 0. The molecule has 7 rings (SSSR count). The summed E-state index contributed by atoms with van der Waals surface area (Å²) < 4.78 is 61.2. The van der Waals surface area contributed by atoms with Gasteiger partial charge in [-0.05, 0) is 0 Å². The molecular formula is C22H24N10O13P2. The van der Waals surface area contributed by atoms with Crippen molar-refractivity contribution in [2.75, 3.05) is 24.7 Å². The van der Waals surface area contributed by atoms with Gasteiger partial charge in [0.15, 0.2) is 23.6 Å². The lowest BCUT2D eigenvalue weighted by Crippen LogP contribution is -2.36. The van der Waals surface area contributed by atoms with Crippen LogP contribution in [0.25, 0.3) is 27.0 Å². The van der Waals surface area contributed by atoms with Crippen molar-refractivity contribution in [3.05, 3.63) is 40.6 Å². The Bertz CT molecular complexity index is 2080. The summed E-state index contributed by atoms with van der Waals surface area (Å²) in [7, 11) is -10.3. The SMILES string of the molecule is [C-]#[N+]c1cn([C@@H]2O[C@@H]3COP(=O)(O)O[C@@H]4[C@H](O)[C@@H](COP(=O)(O)O[C@H]3[C@H]2O)O[C@H]4n2cnc3c(=O)[nH]c(N)nc32)c2ncnc(N)c12. The van der Waals surface area contributed by atoms with Gasteiger partial charge in [0.25, 0.3) is 5.56 Å². The number of ether oxygens (including phenoxy) is 2. The van der Waals surface area contributed by atoms with Crippen molar-refractivity contribution in [1.82, 2.24) is 34.1 Å². The van der Waals surface area contributed by atoms with E-state index in [0.29, 0.717) is 0 Å². The van der Waals surface area contributed by atoms with Crippen molar-refractivity contribution in [3.63, 3.8) is 0 Å². The normalized spacial score (nSPS) is 36.4. The van der Waals surface area contributed by atoms with Gasteiger partial charge < -0.3 is 45.5 Å². The Labute approximate surface area is 260 Å². The number of aliphatic hydroxyl groups excluding tert-OH is 2. The molecule has 2 bridgehead atoms. The number of nitrogens with zero attached hydrogens (tertiary/aromatic N) is 7. The fourth-order valence-corrected chi connectivity index (χ4v) is 7.50. The molecule has 250 valence electrons. The van der Waals surface area contributed by atoms with Crippen LogP contribution in [0.1, 0.15) is 12.5 Å². The number of nitrogens with two attached hydrogens (primary N) is 2. The van der Waals surface area contributed by atoms with E-state index < -0.39 is 83.5 Å². The summed E-state index contributed by atoms with van der Waals surface area (Å²) in [5, 5.41) is 22.4. The molecule has 3 saturated heterocycles. The van der Waals surface area contributed by atoms with Gasteiger partial charge in [-0.2, -0.15) is 4.98 Å². The van der Waals surface area contributed by atoms with Gasteiger partial charge in [-0.15, -0.1) is 0 Å². The van der Waals surface area contributed by atoms with Gasteiger partial charge in [-0.25, -0.2) is 28.9 Å². The Hall–Kier alpha value is -3.88. The molecule has 0 saturated carbocycles. The molecule has 47 heavy (non-hydrogen) atoms. The van der Waals surface area contributed by atoms with E-state index in [9.17, 15) is 33.9 Å². The number of aromatic amines is 1. The number of fused-ring (bicyclic) bond motifs is 5. The number of aliphatic hydroxyl groups is 2. The molecule has 3 fully saturated rings. The Morgan fingerprint density at radius 3 is 2.34 bits per heavy atom. The topological polar surface area (TPSA) is 321 Å². The Morgan fingerprint density at radius 2 is 1.62 bits per heavy atom. The van der Waals surface area contributed by atoms with E-state index in [2.05, 4.69) is 29.8 Å². The molecule has 7 heterocycles. The molecule has 25 heteroatoms. The number of anilines is 2. The summed E-state index contributed by atoms with van der Waals surface area (Å²) in [6.45, 7) is 5.77. The number of rotatable bonds is 2. The van der Waals surface area contributed by atoms with Gasteiger partial charge in [-0.1, -0.05) is 0 Å². The fraction of sp³-hybridized carbons (Fsp3) is 0.455. The van der Waals surface area contributed by atoms with Crippen LogP contribution in [0.5, 0.6) is 0 Å². The fourth-order valence-electron chi connectivity index (χ4n) is 5.61. The number of hydrogen-bond acceptors (Lipinski definition) is 17. The van der Waals surface area contributed by atoms with E-state index in [1.165, 1.54) is 10.8 Å².